The Morgan fingerprint density at radius 2 is 1.44 bits per heavy atom. The lowest BCUT2D eigenvalue weighted by atomic mass is 10.3. The molecule has 0 aromatic rings. The predicted molar refractivity (Wildman–Crippen MR) is 126 cm³/mol. The minimum Gasteiger partial charge on any atom is -0.518 e. The third-order valence-corrected chi connectivity index (χ3v) is 15.0. The lowest BCUT2D eigenvalue weighted by Crippen LogP contribution is -2.51. The van der Waals surface area contributed by atoms with Gasteiger partial charge in [-0.25, -0.2) is 0 Å². The lowest BCUT2D eigenvalue weighted by Gasteiger charge is -2.35. The van der Waals surface area contributed by atoms with Crippen LogP contribution in [0.3, 0.4) is 0 Å². The third kappa shape index (κ3) is 11.0. The monoisotopic (exact) mass is 433 g/mol. The van der Waals surface area contributed by atoms with E-state index < -0.39 is 24.9 Å². The van der Waals surface area contributed by atoms with E-state index in [0.29, 0.717) is 6.54 Å². The van der Waals surface area contributed by atoms with E-state index in [2.05, 4.69) is 65.0 Å². The SMILES string of the molecule is CCCO[Si](C)(C)CCCCN(CC(=O)O[Si](CC)(CC)CC)[Si](C)(C)C. The van der Waals surface area contributed by atoms with Crippen LogP contribution in [-0.4, -0.2) is 55.1 Å². The highest BCUT2D eigenvalue weighted by Crippen LogP contribution is 2.23. The molecule has 0 aromatic heterocycles. The van der Waals surface area contributed by atoms with E-state index in [0.717, 1.165) is 44.1 Å². The molecule has 0 spiro atoms. The van der Waals surface area contributed by atoms with Crippen molar-refractivity contribution in [3.8, 4) is 0 Å². The number of hydrogen-bond acceptors (Lipinski definition) is 4. The van der Waals surface area contributed by atoms with Crippen LogP contribution in [0.5, 0.6) is 0 Å². The van der Waals surface area contributed by atoms with Crippen molar-refractivity contribution in [2.24, 2.45) is 0 Å². The summed E-state index contributed by atoms with van der Waals surface area (Å²) in [5, 5.41) is 0. The quantitative estimate of drug-likeness (QED) is 0.231. The number of hydrogen-bond donors (Lipinski definition) is 0. The Bertz CT molecular complexity index is 413. The maximum Gasteiger partial charge on any atom is 0.306 e. The highest BCUT2D eigenvalue weighted by molar-refractivity contribution is 6.75. The molecule has 0 aromatic carbocycles. The third-order valence-electron chi connectivity index (χ3n) is 5.69. The van der Waals surface area contributed by atoms with Crippen molar-refractivity contribution in [1.29, 1.82) is 0 Å². The zero-order chi connectivity index (χ0) is 21.1. The van der Waals surface area contributed by atoms with Crippen molar-refractivity contribution in [3.63, 3.8) is 0 Å². The van der Waals surface area contributed by atoms with E-state index in [-0.39, 0.29) is 5.97 Å². The molecule has 0 radical (unpaired) electrons. The zero-order valence-electron chi connectivity index (χ0n) is 19.7. The summed E-state index contributed by atoms with van der Waals surface area (Å²) in [6.07, 6.45) is 3.43. The summed E-state index contributed by atoms with van der Waals surface area (Å²) < 4.78 is 14.6. The molecule has 27 heavy (non-hydrogen) atoms. The van der Waals surface area contributed by atoms with Gasteiger partial charge in [0.25, 0.3) is 8.32 Å². The molecular weight excluding hydrogens is 386 g/mol. The predicted octanol–water partition coefficient (Wildman–Crippen LogP) is 6.08. The standard InChI is InChI=1S/C20H47NO3Si3/c1-10-17-23-26(8,9)18-15-14-16-21(25(5,6)7)19-20(22)24-27(11-2,12-3)13-4/h10-19H2,1-9H3. The van der Waals surface area contributed by atoms with Gasteiger partial charge in [-0.15, -0.1) is 0 Å². The summed E-state index contributed by atoms with van der Waals surface area (Å²) in [4.78, 5) is 12.7. The molecule has 0 heterocycles. The Morgan fingerprint density at radius 3 is 1.89 bits per heavy atom. The second kappa shape index (κ2) is 12.6. The van der Waals surface area contributed by atoms with Crippen molar-refractivity contribution in [2.45, 2.75) is 104 Å². The van der Waals surface area contributed by atoms with Gasteiger partial charge in [-0.1, -0.05) is 53.8 Å². The van der Waals surface area contributed by atoms with E-state index in [4.69, 9.17) is 8.85 Å². The number of rotatable bonds is 15. The average Bonchev–Trinajstić information content (AvgIpc) is 2.59. The summed E-state index contributed by atoms with van der Waals surface area (Å²) in [5.74, 6) is 0.00984. The molecule has 0 aliphatic carbocycles. The maximum absolute atomic E-state index is 12.7. The van der Waals surface area contributed by atoms with E-state index >= 15 is 0 Å². The Kier molecular flexibility index (Phi) is 12.6. The molecule has 4 nitrogen and oxygen atoms in total. The minimum absolute atomic E-state index is 0.00984. The van der Waals surface area contributed by atoms with Crippen LogP contribution in [0.4, 0.5) is 0 Å². The van der Waals surface area contributed by atoms with Gasteiger partial charge in [-0.05, 0) is 56.7 Å². The van der Waals surface area contributed by atoms with Gasteiger partial charge < -0.3 is 13.4 Å². The molecule has 0 atom stereocenters. The van der Waals surface area contributed by atoms with Crippen LogP contribution in [0, 0.1) is 0 Å². The van der Waals surface area contributed by atoms with Gasteiger partial charge in [-0.3, -0.25) is 4.79 Å². The first-order valence-electron chi connectivity index (χ1n) is 11.1. The Hall–Kier alpha value is 0.0406. The van der Waals surface area contributed by atoms with Crippen LogP contribution in [0.1, 0.15) is 47.0 Å². The summed E-state index contributed by atoms with van der Waals surface area (Å²) in [7, 11) is -4.91. The van der Waals surface area contributed by atoms with Crippen molar-refractivity contribution >= 4 is 30.8 Å². The number of carbonyl (C=O) groups excluding carboxylic acids is 1. The molecule has 0 unspecified atom stereocenters. The fourth-order valence-electron chi connectivity index (χ4n) is 3.35. The minimum atomic E-state index is -1.85. The summed E-state index contributed by atoms with van der Waals surface area (Å²) in [5.41, 5.74) is 0. The fourth-order valence-corrected chi connectivity index (χ4v) is 9.27. The van der Waals surface area contributed by atoms with Gasteiger partial charge in [0.2, 0.25) is 0 Å². The summed E-state index contributed by atoms with van der Waals surface area (Å²) in [6.45, 7) is 22.7. The number of nitrogens with zero attached hydrogens (tertiary/aromatic N) is 1. The number of unbranched alkanes of at least 4 members (excludes halogenated alkanes) is 1. The molecule has 0 bridgehead atoms. The second-order valence-electron chi connectivity index (χ2n) is 9.38. The van der Waals surface area contributed by atoms with Crippen molar-refractivity contribution in [3.05, 3.63) is 0 Å². The Morgan fingerprint density at radius 1 is 0.889 bits per heavy atom. The van der Waals surface area contributed by atoms with Gasteiger partial charge in [0.1, 0.15) is 8.24 Å². The second-order valence-corrected chi connectivity index (χ2v) is 23.3. The lowest BCUT2D eigenvalue weighted by molar-refractivity contribution is -0.135. The smallest absolute Gasteiger partial charge is 0.306 e. The van der Waals surface area contributed by atoms with Gasteiger partial charge in [0, 0.05) is 6.61 Å². The van der Waals surface area contributed by atoms with E-state index in [1.165, 1.54) is 12.5 Å². The molecule has 0 fully saturated rings. The van der Waals surface area contributed by atoms with Gasteiger partial charge >= 0.3 is 5.97 Å². The zero-order valence-corrected chi connectivity index (χ0v) is 22.7. The summed E-state index contributed by atoms with van der Waals surface area (Å²) in [6, 6.07) is 4.27. The van der Waals surface area contributed by atoms with Crippen molar-refractivity contribution < 1.29 is 13.6 Å². The Balaban J connectivity index is 4.63. The van der Waals surface area contributed by atoms with Crippen LogP contribution in [-0.2, 0) is 13.6 Å². The largest absolute Gasteiger partial charge is 0.518 e. The van der Waals surface area contributed by atoms with E-state index in [1.54, 1.807) is 0 Å². The summed E-state index contributed by atoms with van der Waals surface area (Å²) >= 11 is 0. The van der Waals surface area contributed by atoms with Crippen LogP contribution in [0.25, 0.3) is 0 Å². The molecule has 0 aliphatic heterocycles. The molecule has 0 saturated heterocycles. The van der Waals surface area contributed by atoms with Crippen LogP contribution >= 0.6 is 0 Å². The molecular formula is C20H47NO3Si3. The normalized spacial score (nSPS) is 13.3. The highest BCUT2D eigenvalue weighted by Gasteiger charge is 2.34. The highest BCUT2D eigenvalue weighted by atomic mass is 28.4. The molecule has 7 heteroatoms. The first kappa shape index (κ1) is 27.0. The Labute approximate surface area is 172 Å². The van der Waals surface area contributed by atoms with Gasteiger partial charge in [0.15, 0.2) is 8.32 Å². The van der Waals surface area contributed by atoms with E-state index in [9.17, 15) is 4.79 Å². The average molecular weight is 434 g/mol. The van der Waals surface area contributed by atoms with Crippen LogP contribution < -0.4 is 0 Å². The van der Waals surface area contributed by atoms with E-state index in [1.807, 2.05) is 0 Å². The molecule has 0 N–H and O–H groups in total. The first-order valence-corrected chi connectivity index (χ1v) is 20.1. The molecule has 0 saturated carbocycles. The molecule has 0 rings (SSSR count). The van der Waals surface area contributed by atoms with Crippen molar-refractivity contribution in [1.82, 2.24) is 4.57 Å². The first-order chi connectivity index (χ1) is 12.4. The number of carbonyl (C=O) groups is 1. The molecule has 162 valence electrons. The topological polar surface area (TPSA) is 38.8 Å². The molecule has 0 aliphatic rings. The van der Waals surface area contributed by atoms with Crippen molar-refractivity contribution in [2.75, 3.05) is 19.7 Å². The van der Waals surface area contributed by atoms with Gasteiger partial charge in [0.05, 0.1) is 6.54 Å². The maximum atomic E-state index is 12.7. The fraction of sp³-hybridized carbons (Fsp3) is 0.950. The van der Waals surface area contributed by atoms with Crippen LogP contribution in [0.2, 0.25) is 56.9 Å². The van der Waals surface area contributed by atoms with Gasteiger partial charge in [-0.2, -0.15) is 0 Å². The molecule has 0 amide bonds. The van der Waals surface area contributed by atoms with Crippen LogP contribution in [0.15, 0.2) is 0 Å².